The number of rotatable bonds is 9. The Hall–Kier alpha value is -3.46. The lowest BCUT2D eigenvalue weighted by Crippen LogP contribution is -2.23. The Morgan fingerprint density at radius 1 is 1.03 bits per heavy atom. The van der Waals surface area contributed by atoms with Crippen molar-refractivity contribution in [2.75, 3.05) is 6.61 Å². The van der Waals surface area contributed by atoms with Crippen LogP contribution in [0.1, 0.15) is 23.6 Å². The predicted octanol–water partition coefficient (Wildman–Crippen LogP) is 6.19. The van der Waals surface area contributed by atoms with Crippen LogP contribution in [0.25, 0.3) is 6.08 Å². The highest BCUT2D eigenvalue weighted by molar-refractivity contribution is 6.35. The third-order valence-corrected chi connectivity index (χ3v) is 5.22. The molecule has 0 heterocycles. The summed E-state index contributed by atoms with van der Waals surface area (Å²) in [6.45, 7) is 2.85. The van der Waals surface area contributed by atoms with Crippen LogP contribution in [0, 0.1) is 11.3 Å². The van der Waals surface area contributed by atoms with E-state index in [1.54, 1.807) is 36.4 Å². The maximum Gasteiger partial charge on any atom is 0.262 e. The largest absolute Gasteiger partial charge is 0.490 e. The summed E-state index contributed by atoms with van der Waals surface area (Å²) in [6.07, 6.45) is 1.52. The molecule has 3 aromatic rings. The average Bonchev–Trinajstić information content (AvgIpc) is 2.82. The molecule has 1 amide bonds. The number of carbonyl (C=O) groups excluding carboxylic acids is 1. The van der Waals surface area contributed by atoms with Gasteiger partial charge in [-0.05, 0) is 48.4 Å². The van der Waals surface area contributed by atoms with E-state index in [-0.39, 0.29) is 12.2 Å². The van der Waals surface area contributed by atoms with Crippen molar-refractivity contribution in [2.45, 2.75) is 20.1 Å². The topological polar surface area (TPSA) is 71.3 Å². The van der Waals surface area contributed by atoms with Gasteiger partial charge in [-0.1, -0.05) is 65.7 Å². The van der Waals surface area contributed by atoms with Gasteiger partial charge in [0.05, 0.1) is 6.61 Å². The van der Waals surface area contributed by atoms with Gasteiger partial charge in [0.25, 0.3) is 5.91 Å². The fraction of sp³-hybridized carbons (Fsp3) is 0.154. The van der Waals surface area contributed by atoms with Crippen LogP contribution < -0.4 is 14.8 Å². The highest BCUT2D eigenvalue weighted by Gasteiger charge is 2.12. The van der Waals surface area contributed by atoms with Crippen molar-refractivity contribution in [3.63, 3.8) is 0 Å². The first-order valence-electron chi connectivity index (χ1n) is 10.3. The molecular formula is C26H22Cl2N2O3. The van der Waals surface area contributed by atoms with Gasteiger partial charge < -0.3 is 14.8 Å². The van der Waals surface area contributed by atoms with Crippen molar-refractivity contribution in [3.05, 3.63) is 99.0 Å². The molecular weight excluding hydrogens is 459 g/mol. The first kappa shape index (κ1) is 24.2. The Bertz CT molecular complexity index is 1190. The molecule has 3 aromatic carbocycles. The summed E-state index contributed by atoms with van der Waals surface area (Å²) < 4.78 is 11.6. The van der Waals surface area contributed by atoms with Crippen molar-refractivity contribution in [1.82, 2.24) is 5.32 Å². The van der Waals surface area contributed by atoms with Crippen LogP contribution in [0.5, 0.6) is 11.5 Å². The molecule has 0 atom stereocenters. The van der Waals surface area contributed by atoms with Gasteiger partial charge in [0, 0.05) is 22.2 Å². The van der Waals surface area contributed by atoms with Gasteiger partial charge in [-0.25, -0.2) is 0 Å². The van der Waals surface area contributed by atoms with E-state index >= 15 is 0 Å². The van der Waals surface area contributed by atoms with Crippen LogP contribution in [0.2, 0.25) is 10.0 Å². The minimum atomic E-state index is -0.447. The molecule has 0 saturated carbocycles. The molecule has 0 unspecified atom stereocenters. The van der Waals surface area contributed by atoms with Gasteiger partial charge in [-0.3, -0.25) is 4.79 Å². The molecule has 168 valence electrons. The van der Waals surface area contributed by atoms with Crippen molar-refractivity contribution in [2.24, 2.45) is 0 Å². The molecule has 3 rings (SSSR count). The first-order chi connectivity index (χ1) is 16.0. The lowest BCUT2D eigenvalue weighted by molar-refractivity contribution is -0.117. The zero-order chi connectivity index (χ0) is 23.6. The van der Waals surface area contributed by atoms with E-state index in [0.29, 0.717) is 40.3 Å². The molecule has 0 bridgehead atoms. The summed E-state index contributed by atoms with van der Waals surface area (Å²) in [5, 5.41) is 13.3. The second-order valence-electron chi connectivity index (χ2n) is 7.00. The normalized spacial score (nSPS) is 10.9. The van der Waals surface area contributed by atoms with E-state index in [1.165, 1.54) is 6.08 Å². The number of nitrogens with one attached hydrogen (secondary N) is 1. The number of hydrogen-bond donors (Lipinski definition) is 1. The SMILES string of the molecule is CCOc1cc(/C=C(\C#N)C(=O)NCc2ccccc2)ccc1OCc1ccc(Cl)cc1Cl. The number of nitriles is 1. The number of hydrogen-bond acceptors (Lipinski definition) is 4. The van der Waals surface area contributed by atoms with E-state index in [0.717, 1.165) is 11.1 Å². The van der Waals surface area contributed by atoms with Gasteiger partial charge >= 0.3 is 0 Å². The fourth-order valence-electron chi connectivity index (χ4n) is 2.98. The van der Waals surface area contributed by atoms with Crippen LogP contribution in [-0.2, 0) is 17.9 Å². The summed E-state index contributed by atoms with van der Waals surface area (Å²) in [4.78, 5) is 12.5. The van der Waals surface area contributed by atoms with Crippen LogP contribution in [0.3, 0.4) is 0 Å². The van der Waals surface area contributed by atoms with Crippen LogP contribution in [0.4, 0.5) is 0 Å². The lowest BCUT2D eigenvalue weighted by Gasteiger charge is -2.13. The number of benzene rings is 3. The first-order valence-corrected chi connectivity index (χ1v) is 11.0. The quantitative estimate of drug-likeness (QED) is 0.292. The fourth-order valence-corrected chi connectivity index (χ4v) is 3.45. The molecule has 0 saturated heterocycles. The molecule has 7 heteroatoms. The Labute approximate surface area is 203 Å². The smallest absolute Gasteiger partial charge is 0.262 e. The second-order valence-corrected chi connectivity index (χ2v) is 7.85. The highest BCUT2D eigenvalue weighted by atomic mass is 35.5. The van der Waals surface area contributed by atoms with E-state index in [2.05, 4.69) is 5.32 Å². The van der Waals surface area contributed by atoms with Gasteiger partial charge in [0.2, 0.25) is 0 Å². The van der Waals surface area contributed by atoms with Gasteiger partial charge in [0.1, 0.15) is 18.2 Å². The van der Waals surface area contributed by atoms with Gasteiger partial charge in [-0.15, -0.1) is 0 Å². The summed E-state index contributed by atoms with van der Waals surface area (Å²) in [7, 11) is 0. The van der Waals surface area contributed by atoms with Crippen molar-refractivity contribution >= 4 is 35.2 Å². The summed E-state index contributed by atoms with van der Waals surface area (Å²) in [5.74, 6) is 0.572. The lowest BCUT2D eigenvalue weighted by atomic mass is 10.1. The maximum absolute atomic E-state index is 12.5. The molecule has 0 fully saturated rings. The molecule has 5 nitrogen and oxygen atoms in total. The Kier molecular flexibility index (Phi) is 8.77. The van der Waals surface area contributed by atoms with Crippen molar-refractivity contribution in [1.29, 1.82) is 5.26 Å². The third-order valence-electron chi connectivity index (χ3n) is 4.64. The highest BCUT2D eigenvalue weighted by Crippen LogP contribution is 2.31. The molecule has 0 aliphatic carbocycles. The average molecular weight is 481 g/mol. The zero-order valence-electron chi connectivity index (χ0n) is 18.0. The van der Waals surface area contributed by atoms with Crippen LogP contribution in [0.15, 0.2) is 72.3 Å². The number of amides is 1. The third kappa shape index (κ3) is 7.01. The molecule has 0 aromatic heterocycles. The molecule has 0 radical (unpaired) electrons. The minimum absolute atomic E-state index is 0.00464. The van der Waals surface area contributed by atoms with Gasteiger partial charge in [-0.2, -0.15) is 5.26 Å². The van der Waals surface area contributed by atoms with E-state index < -0.39 is 5.91 Å². The number of halogens is 2. The van der Waals surface area contributed by atoms with Crippen LogP contribution >= 0.6 is 23.2 Å². The summed E-state index contributed by atoms with van der Waals surface area (Å²) in [5.41, 5.74) is 2.37. The molecule has 33 heavy (non-hydrogen) atoms. The summed E-state index contributed by atoms with van der Waals surface area (Å²) in [6, 6.07) is 21.9. The summed E-state index contributed by atoms with van der Waals surface area (Å²) >= 11 is 12.2. The second kappa shape index (κ2) is 12.0. The number of nitrogens with zero attached hydrogens (tertiary/aromatic N) is 1. The Morgan fingerprint density at radius 2 is 1.82 bits per heavy atom. The van der Waals surface area contributed by atoms with E-state index in [1.807, 2.05) is 43.3 Å². The van der Waals surface area contributed by atoms with Gasteiger partial charge in [0.15, 0.2) is 11.5 Å². The molecule has 1 N–H and O–H groups in total. The maximum atomic E-state index is 12.5. The standard InChI is InChI=1S/C26H22Cl2N2O3/c1-2-32-25-13-19(8-11-24(25)33-17-20-9-10-22(27)14-23(20)28)12-21(15-29)26(31)30-16-18-6-4-3-5-7-18/h3-14H,2,16-17H2,1H3,(H,30,31)/b21-12+. The Morgan fingerprint density at radius 3 is 2.52 bits per heavy atom. The monoisotopic (exact) mass is 480 g/mol. The minimum Gasteiger partial charge on any atom is -0.490 e. The van der Waals surface area contributed by atoms with Crippen molar-refractivity contribution in [3.8, 4) is 17.6 Å². The molecule has 0 spiro atoms. The molecule has 0 aliphatic rings. The number of ether oxygens (including phenoxy) is 2. The molecule has 0 aliphatic heterocycles. The Balaban J connectivity index is 1.74. The zero-order valence-corrected chi connectivity index (χ0v) is 19.5. The van der Waals surface area contributed by atoms with E-state index in [4.69, 9.17) is 32.7 Å². The van der Waals surface area contributed by atoms with Crippen LogP contribution in [-0.4, -0.2) is 12.5 Å². The predicted molar refractivity (Wildman–Crippen MR) is 130 cm³/mol. The van der Waals surface area contributed by atoms with E-state index in [9.17, 15) is 10.1 Å². The van der Waals surface area contributed by atoms with Crippen molar-refractivity contribution < 1.29 is 14.3 Å². The number of carbonyl (C=O) groups is 1.